The molecule has 0 heterocycles. The number of methoxy groups -OCH3 is 1. The number of ether oxygens (including phenoxy) is 4. The second-order valence-electron chi connectivity index (χ2n) is 5.09. The summed E-state index contributed by atoms with van der Waals surface area (Å²) in [6.07, 6.45) is 0. The molecule has 6 nitrogen and oxygen atoms in total. The van der Waals surface area contributed by atoms with Gasteiger partial charge in [0.1, 0.15) is 23.7 Å². The molecule has 0 saturated carbocycles. The number of hydrogen-bond acceptors (Lipinski definition) is 6. The summed E-state index contributed by atoms with van der Waals surface area (Å²) >= 11 is 5.88. The van der Waals surface area contributed by atoms with Crippen molar-refractivity contribution in [2.45, 2.75) is 6.92 Å². The Morgan fingerprint density at radius 1 is 1.00 bits per heavy atom. The van der Waals surface area contributed by atoms with Crippen LogP contribution in [0, 0.1) is 0 Å². The van der Waals surface area contributed by atoms with Crippen LogP contribution in [0.2, 0.25) is 5.02 Å². The van der Waals surface area contributed by atoms with E-state index in [2.05, 4.69) is 4.74 Å². The molecule has 2 aromatic carbocycles. The molecule has 2 rings (SSSR count). The lowest BCUT2D eigenvalue weighted by atomic mass is 10.2. The average Bonchev–Trinajstić information content (AvgIpc) is 2.66. The number of carbonyl (C=O) groups excluding carboxylic acids is 2. The van der Waals surface area contributed by atoms with Gasteiger partial charge in [0.15, 0.2) is 0 Å². The van der Waals surface area contributed by atoms with Crippen molar-refractivity contribution in [1.82, 2.24) is 0 Å². The van der Waals surface area contributed by atoms with E-state index in [0.717, 1.165) is 0 Å². The van der Waals surface area contributed by atoms with Gasteiger partial charge in [-0.1, -0.05) is 11.6 Å². The van der Waals surface area contributed by atoms with Crippen LogP contribution in [0.4, 0.5) is 0 Å². The Labute approximate surface area is 156 Å². The van der Waals surface area contributed by atoms with Crippen LogP contribution in [-0.4, -0.2) is 38.9 Å². The zero-order chi connectivity index (χ0) is 18.9. The highest BCUT2D eigenvalue weighted by Gasteiger charge is 2.17. The Hall–Kier alpha value is -2.57. The van der Waals surface area contributed by atoms with Gasteiger partial charge in [-0.15, -0.1) is 0 Å². The molecule has 0 aliphatic heterocycles. The van der Waals surface area contributed by atoms with Crippen LogP contribution in [-0.2, 0) is 9.47 Å². The highest BCUT2D eigenvalue weighted by atomic mass is 35.5. The van der Waals surface area contributed by atoms with Gasteiger partial charge in [-0.25, -0.2) is 9.59 Å². The smallest absolute Gasteiger partial charge is 0.343 e. The second kappa shape index (κ2) is 9.79. The molecule has 0 radical (unpaired) electrons. The second-order valence-corrected chi connectivity index (χ2v) is 5.53. The summed E-state index contributed by atoms with van der Waals surface area (Å²) in [7, 11) is 1.24. The molecular formula is C19H19ClO6. The van der Waals surface area contributed by atoms with Crippen molar-refractivity contribution in [3.05, 3.63) is 58.6 Å². The Morgan fingerprint density at radius 2 is 1.73 bits per heavy atom. The van der Waals surface area contributed by atoms with Crippen LogP contribution in [0.3, 0.4) is 0 Å². The molecule has 0 aromatic heterocycles. The Kier molecular flexibility index (Phi) is 7.44. The van der Waals surface area contributed by atoms with E-state index in [4.69, 9.17) is 25.8 Å². The van der Waals surface area contributed by atoms with Gasteiger partial charge in [0.2, 0.25) is 0 Å². The summed E-state index contributed by atoms with van der Waals surface area (Å²) in [4.78, 5) is 24.1. The Bertz CT molecular complexity index is 757. The van der Waals surface area contributed by atoms with Crippen LogP contribution < -0.4 is 9.47 Å². The van der Waals surface area contributed by atoms with Crippen molar-refractivity contribution in [2.75, 3.05) is 26.9 Å². The highest BCUT2D eigenvalue weighted by Crippen LogP contribution is 2.25. The highest BCUT2D eigenvalue weighted by molar-refractivity contribution is 6.31. The maximum atomic E-state index is 12.3. The topological polar surface area (TPSA) is 71.1 Å². The van der Waals surface area contributed by atoms with Gasteiger partial charge >= 0.3 is 11.9 Å². The number of rotatable bonds is 8. The van der Waals surface area contributed by atoms with Crippen LogP contribution in [0.1, 0.15) is 27.6 Å². The van der Waals surface area contributed by atoms with Crippen molar-refractivity contribution in [2.24, 2.45) is 0 Å². The molecule has 0 aliphatic carbocycles. The first kappa shape index (κ1) is 19.8. The van der Waals surface area contributed by atoms with Crippen LogP contribution >= 0.6 is 11.6 Å². The first-order valence-corrected chi connectivity index (χ1v) is 8.33. The minimum atomic E-state index is -0.645. The maximum absolute atomic E-state index is 12.3. The standard InChI is InChI=1S/C19H19ClO6/c1-3-24-10-11-25-15-7-4-13(5-8-15)18(21)26-17-9-6-14(20)12-16(17)19(22)23-2/h4-9,12H,3,10-11H2,1-2H3. The number of halogens is 1. The predicted octanol–water partition coefficient (Wildman–Crippen LogP) is 3.76. The molecule has 0 unspecified atom stereocenters. The van der Waals surface area contributed by atoms with E-state index in [9.17, 15) is 9.59 Å². The van der Waals surface area contributed by atoms with E-state index in [0.29, 0.717) is 36.2 Å². The molecule has 7 heteroatoms. The van der Waals surface area contributed by atoms with Gasteiger partial charge in [-0.05, 0) is 49.4 Å². The fourth-order valence-electron chi connectivity index (χ4n) is 2.07. The van der Waals surface area contributed by atoms with Crippen LogP contribution in [0.15, 0.2) is 42.5 Å². The largest absolute Gasteiger partial charge is 0.491 e. The van der Waals surface area contributed by atoms with Gasteiger partial charge in [-0.2, -0.15) is 0 Å². The number of carbonyl (C=O) groups is 2. The van der Waals surface area contributed by atoms with Crippen molar-refractivity contribution in [3.63, 3.8) is 0 Å². The third kappa shape index (κ3) is 5.47. The van der Waals surface area contributed by atoms with Crippen molar-refractivity contribution < 1.29 is 28.5 Å². The summed E-state index contributed by atoms with van der Waals surface area (Å²) in [5.41, 5.74) is 0.386. The number of esters is 2. The summed E-state index contributed by atoms with van der Waals surface area (Å²) in [5, 5.41) is 0.332. The van der Waals surface area contributed by atoms with Gasteiger partial charge in [-0.3, -0.25) is 0 Å². The monoisotopic (exact) mass is 378 g/mol. The molecule has 0 bridgehead atoms. The quantitative estimate of drug-likeness (QED) is 0.395. The molecule has 0 atom stereocenters. The molecule has 0 fully saturated rings. The Balaban J connectivity index is 2.05. The molecule has 2 aromatic rings. The maximum Gasteiger partial charge on any atom is 0.343 e. The Morgan fingerprint density at radius 3 is 2.38 bits per heavy atom. The molecule has 0 spiro atoms. The van der Waals surface area contributed by atoms with E-state index >= 15 is 0 Å². The average molecular weight is 379 g/mol. The summed E-state index contributed by atoms with van der Waals surface area (Å²) < 4.78 is 20.6. The molecule has 0 aliphatic rings. The first-order chi connectivity index (χ1) is 12.5. The minimum absolute atomic E-state index is 0.0725. The van der Waals surface area contributed by atoms with Gasteiger partial charge < -0.3 is 18.9 Å². The lowest BCUT2D eigenvalue weighted by molar-refractivity contribution is 0.0593. The van der Waals surface area contributed by atoms with Crippen molar-refractivity contribution >= 4 is 23.5 Å². The van der Waals surface area contributed by atoms with E-state index < -0.39 is 11.9 Å². The van der Waals surface area contributed by atoms with E-state index in [-0.39, 0.29) is 11.3 Å². The molecule has 26 heavy (non-hydrogen) atoms. The van der Waals surface area contributed by atoms with Crippen LogP contribution in [0.5, 0.6) is 11.5 Å². The molecule has 0 N–H and O–H groups in total. The zero-order valence-corrected chi connectivity index (χ0v) is 15.2. The first-order valence-electron chi connectivity index (χ1n) is 7.95. The molecule has 0 amide bonds. The summed E-state index contributed by atoms with van der Waals surface area (Å²) in [6, 6.07) is 10.8. The van der Waals surface area contributed by atoms with E-state index in [1.807, 2.05) is 6.92 Å². The molecule has 138 valence electrons. The van der Waals surface area contributed by atoms with Gasteiger partial charge in [0, 0.05) is 11.6 Å². The normalized spacial score (nSPS) is 10.3. The minimum Gasteiger partial charge on any atom is -0.491 e. The number of hydrogen-bond donors (Lipinski definition) is 0. The SMILES string of the molecule is CCOCCOc1ccc(C(=O)Oc2ccc(Cl)cc2C(=O)OC)cc1. The fourth-order valence-corrected chi connectivity index (χ4v) is 2.24. The molecule has 0 saturated heterocycles. The van der Waals surface area contributed by atoms with Gasteiger partial charge in [0.05, 0.1) is 19.3 Å². The van der Waals surface area contributed by atoms with Crippen LogP contribution in [0.25, 0.3) is 0 Å². The van der Waals surface area contributed by atoms with Crippen molar-refractivity contribution in [1.29, 1.82) is 0 Å². The zero-order valence-electron chi connectivity index (χ0n) is 14.5. The summed E-state index contributed by atoms with van der Waals surface area (Å²) in [6.45, 7) is 3.46. The fraction of sp³-hybridized carbons (Fsp3) is 0.263. The van der Waals surface area contributed by atoms with E-state index in [1.165, 1.54) is 25.3 Å². The van der Waals surface area contributed by atoms with Crippen molar-refractivity contribution in [3.8, 4) is 11.5 Å². The van der Waals surface area contributed by atoms with Gasteiger partial charge in [0.25, 0.3) is 0 Å². The lowest BCUT2D eigenvalue weighted by Crippen LogP contribution is -2.12. The van der Waals surface area contributed by atoms with E-state index in [1.54, 1.807) is 24.3 Å². The number of benzene rings is 2. The summed E-state index contributed by atoms with van der Waals surface area (Å²) in [5.74, 6) is -0.571. The predicted molar refractivity (Wildman–Crippen MR) is 96.2 cm³/mol. The lowest BCUT2D eigenvalue weighted by Gasteiger charge is -2.10. The third-order valence-corrected chi connectivity index (χ3v) is 3.58. The molecular weight excluding hydrogens is 360 g/mol. The third-order valence-electron chi connectivity index (χ3n) is 3.34.